The molecule has 0 radical (unpaired) electrons. The van der Waals surface area contributed by atoms with Crippen molar-refractivity contribution in [3.8, 4) is 11.5 Å². The second-order valence-electron chi connectivity index (χ2n) is 9.51. The SMILES string of the molecule is O=C(CN(c1ccc(Oc2ccccc2)cc1)S(=O)(=O)c1ccccc1)Nc1ccc(S(=O)(=O)Nc2cccc(Cl)c2Cl)cc1. The molecule has 0 aliphatic rings. The maximum absolute atomic E-state index is 13.7. The van der Waals surface area contributed by atoms with E-state index in [4.69, 9.17) is 27.9 Å². The van der Waals surface area contributed by atoms with Crippen molar-refractivity contribution < 1.29 is 26.4 Å². The molecule has 0 atom stereocenters. The van der Waals surface area contributed by atoms with Crippen LogP contribution in [-0.2, 0) is 24.8 Å². The Morgan fingerprint density at radius 2 is 1.27 bits per heavy atom. The lowest BCUT2D eigenvalue weighted by atomic mass is 10.3. The fourth-order valence-corrected chi connectivity index (χ4v) is 7.09. The van der Waals surface area contributed by atoms with Gasteiger partial charge in [0.1, 0.15) is 18.0 Å². The largest absolute Gasteiger partial charge is 0.457 e. The van der Waals surface area contributed by atoms with Gasteiger partial charge in [0.25, 0.3) is 20.0 Å². The van der Waals surface area contributed by atoms with E-state index in [0.29, 0.717) is 11.5 Å². The molecule has 0 heterocycles. The number of sulfonamides is 2. The number of ether oxygens (including phenoxy) is 1. The van der Waals surface area contributed by atoms with Gasteiger partial charge in [0.05, 0.1) is 31.2 Å². The first kappa shape index (κ1) is 31.9. The third kappa shape index (κ3) is 7.76. The Morgan fingerprint density at radius 1 is 0.667 bits per heavy atom. The van der Waals surface area contributed by atoms with Gasteiger partial charge >= 0.3 is 0 Å². The maximum Gasteiger partial charge on any atom is 0.264 e. The summed E-state index contributed by atoms with van der Waals surface area (Å²) in [7, 11) is -8.18. The first-order chi connectivity index (χ1) is 21.5. The normalized spacial score (nSPS) is 11.4. The predicted molar refractivity (Wildman–Crippen MR) is 176 cm³/mol. The Morgan fingerprint density at radius 3 is 1.91 bits per heavy atom. The molecule has 2 N–H and O–H groups in total. The lowest BCUT2D eigenvalue weighted by Gasteiger charge is -2.24. The van der Waals surface area contributed by atoms with Crippen LogP contribution < -0.4 is 19.1 Å². The molecule has 0 unspecified atom stereocenters. The van der Waals surface area contributed by atoms with Crippen molar-refractivity contribution in [2.24, 2.45) is 0 Å². The molecule has 5 aromatic carbocycles. The van der Waals surface area contributed by atoms with E-state index in [0.717, 1.165) is 4.31 Å². The molecule has 45 heavy (non-hydrogen) atoms. The molecule has 230 valence electrons. The van der Waals surface area contributed by atoms with Crippen molar-refractivity contribution in [3.63, 3.8) is 0 Å². The zero-order valence-corrected chi connectivity index (χ0v) is 26.4. The molecule has 0 spiro atoms. The van der Waals surface area contributed by atoms with Crippen LogP contribution in [-0.4, -0.2) is 29.3 Å². The van der Waals surface area contributed by atoms with Gasteiger partial charge < -0.3 is 10.1 Å². The highest BCUT2D eigenvalue weighted by Gasteiger charge is 2.27. The Balaban J connectivity index is 1.34. The Kier molecular flexibility index (Phi) is 9.64. The predicted octanol–water partition coefficient (Wildman–Crippen LogP) is 7.42. The number of anilines is 3. The molecule has 0 bridgehead atoms. The van der Waals surface area contributed by atoms with Gasteiger partial charge in [-0.2, -0.15) is 0 Å². The average molecular weight is 683 g/mol. The summed E-state index contributed by atoms with van der Waals surface area (Å²) in [5.41, 5.74) is 0.603. The summed E-state index contributed by atoms with van der Waals surface area (Å²) in [6, 6.07) is 33.1. The first-order valence-corrected chi connectivity index (χ1v) is 17.0. The standard InChI is InChI=1S/C32H25Cl2N3O6S2/c33-29-12-7-13-30(32(29)34)36-44(39,40)27-20-14-23(15-21-27)35-31(38)22-37(45(41,42)28-10-5-2-6-11-28)24-16-18-26(19-17-24)43-25-8-3-1-4-9-25/h1-21,36H,22H2,(H,35,38). The molecular formula is C32H25Cl2N3O6S2. The molecule has 5 rings (SSSR count). The summed E-state index contributed by atoms with van der Waals surface area (Å²) >= 11 is 12.1. The van der Waals surface area contributed by atoms with Gasteiger partial charge in [0, 0.05) is 5.69 Å². The molecule has 1 amide bonds. The Labute approximate surface area is 271 Å². The highest BCUT2D eigenvalue weighted by Crippen LogP contribution is 2.32. The summed E-state index contributed by atoms with van der Waals surface area (Å²) in [5, 5.41) is 2.88. The Hall–Kier alpha value is -4.55. The number of hydrogen-bond donors (Lipinski definition) is 2. The van der Waals surface area contributed by atoms with Gasteiger partial charge in [-0.1, -0.05) is 65.7 Å². The number of carbonyl (C=O) groups excluding carboxylic acids is 1. The zero-order chi connectivity index (χ0) is 32.0. The first-order valence-electron chi connectivity index (χ1n) is 13.3. The smallest absolute Gasteiger partial charge is 0.264 e. The number of benzene rings is 5. The van der Waals surface area contributed by atoms with Crippen LogP contribution in [0, 0.1) is 0 Å². The Bertz CT molecular complexity index is 2010. The monoisotopic (exact) mass is 681 g/mol. The van der Waals surface area contributed by atoms with Crippen LogP contribution >= 0.6 is 23.2 Å². The minimum atomic E-state index is -4.15. The van der Waals surface area contributed by atoms with Crippen LogP contribution in [0.5, 0.6) is 11.5 Å². The fourth-order valence-electron chi connectivity index (χ4n) is 4.17. The summed E-state index contributed by atoms with van der Waals surface area (Å²) < 4.78 is 62.3. The van der Waals surface area contributed by atoms with E-state index in [1.165, 1.54) is 48.5 Å². The number of halogens is 2. The summed E-state index contributed by atoms with van der Waals surface area (Å²) in [6.07, 6.45) is 0. The summed E-state index contributed by atoms with van der Waals surface area (Å²) in [6.45, 7) is -0.564. The number of hydrogen-bond acceptors (Lipinski definition) is 6. The molecule has 5 aromatic rings. The molecule has 13 heteroatoms. The average Bonchev–Trinajstić information content (AvgIpc) is 3.04. The third-order valence-electron chi connectivity index (χ3n) is 6.37. The van der Waals surface area contributed by atoms with Crippen LogP contribution in [0.3, 0.4) is 0 Å². The maximum atomic E-state index is 13.7. The van der Waals surface area contributed by atoms with Crippen molar-refractivity contribution in [2.45, 2.75) is 9.79 Å². The number of rotatable bonds is 11. The van der Waals surface area contributed by atoms with E-state index in [9.17, 15) is 21.6 Å². The minimum absolute atomic E-state index is 0.00396. The second-order valence-corrected chi connectivity index (χ2v) is 13.8. The van der Waals surface area contributed by atoms with Gasteiger partial charge in [-0.3, -0.25) is 13.8 Å². The van der Waals surface area contributed by atoms with Crippen LogP contribution in [0.1, 0.15) is 0 Å². The van der Waals surface area contributed by atoms with E-state index in [1.807, 2.05) is 18.2 Å². The molecule has 0 aliphatic carbocycles. The van der Waals surface area contributed by atoms with Crippen molar-refractivity contribution in [1.29, 1.82) is 0 Å². The lowest BCUT2D eigenvalue weighted by Crippen LogP contribution is -2.38. The third-order valence-corrected chi connectivity index (χ3v) is 10.4. The van der Waals surface area contributed by atoms with Crippen LogP contribution in [0.4, 0.5) is 17.1 Å². The van der Waals surface area contributed by atoms with E-state index in [2.05, 4.69) is 10.0 Å². The number of para-hydroxylation sites is 1. The molecule has 9 nitrogen and oxygen atoms in total. The highest BCUT2D eigenvalue weighted by molar-refractivity contribution is 7.93. The molecule has 0 fully saturated rings. The van der Waals surface area contributed by atoms with Gasteiger partial charge in [-0.25, -0.2) is 16.8 Å². The molecular weight excluding hydrogens is 657 g/mol. The number of carbonyl (C=O) groups is 1. The summed E-state index contributed by atoms with van der Waals surface area (Å²) in [4.78, 5) is 13.1. The van der Waals surface area contributed by atoms with Crippen LogP contribution in [0.25, 0.3) is 0 Å². The number of amides is 1. The van der Waals surface area contributed by atoms with Gasteiger partial charge in [0.2, 0.25) is 5.91 Å². The van der Waals surface area contributed by atoms with E-state index >= 15 is 0 Å². The quantitative estimate of drug-likeness (QED) is 0.150. The van der Waals surface area contributed by atoms with Gasteiger partial charge in [-0.15, -0.1) is 0 Å². The van der Waals surface area contributed by atoms with E-state index < -0.39 is 32.5 Å². The lowest BCUT2D eigenvalue weighted by molar-refractivity contribution is -0.114. The van der Waals surface area contributed by atoms with Gasteiger partial charge in [-0.05, 0) is 84.9 Å². The highest BCUT2D eigenvalue weighted by atomic mass is 35.5. The molecule has 0 aliphatic heterocycles. The minimum Gasteiger partial charge on any atom is -0.457 e. The number of nitrogens with zero attached hydrogens (tertiary/aromatic N) is 1. The molecule has 0 aromatic heterocycles. The van der Waals surface area contributed by atoms with Crippen molar-refractivity contribution in [3.05, 3.63) is 137 Å². The number of nitrogens with one attached hydrogen (secondary N) is 2. The van der Waals surface area contributed by atoms with Crippen molar-refractivity contribution >= 4 is 66.2 Å². The van der Waals surface area contributed by atoms with Crippen molar-refractivity contribution in [1.82, 2.24) is 0 Å². The van der Waals surface area contributed by atoms with E-state index in [1.54, 1.807) is 60.7 Å². The van der Waals surface area contributed by atoms with Crippen LogP contribution in [0.2, 0.25) is 10.0 Å². The van der Waals surface area contributed by atoms with E-state index in [-0.39, 0.29) is 36.9 Å². The van der Waals surface area contributed by atoms with Crippen LogP contribution in [0.15, 0.2) is 137 Å². The van der Waals surface area contributed by atoms with Gasteiger partial charge in [0.15, 0.2) is 0 Å². The zero-order valence-electron chi connectivity index (χ0n) is 23.3. The molecule has 0 saturated carbocycles. The van der Waals surface area contributed by atoms with Crippen molar-refractivity contribution in [2.75, 3.05) is 20.9 Å². The second kappa shape index (κ2) is 13.6. The topological polar surface area (TPSA) is 122 Å². The molecule has 0 saturated heterocycles. The summed E-state index contributed by atoms with van der Waals surface area (Å²) in [5.74, 6) is 0.438. The fraction of sp³-hybridized carbons (Fsp3) is 0.0312.